The monoisotopic (exact) mass is 341 g/mol. The van der Waals surface area contributed by atoms with Gasteiger partial charge < -0.3 is 9.30 Å². The third-order valence-electron chi connectivity index (χ3n) is 4.94. The molecular formula is C16H27N3O3S. The van der Waals surface area contributed by atoms with Gasteiger partial charge in [0.15, 0.2) is 0 Å². The Hall–Kier alpha value is -0.890. The zero-order valence-corrected chi connectivity index (χ0v) is 14.8. The molecule has 1 unspecified atom stereocenters. The zero-order chi connectivity index (χ0) is 16.4. The molecule has 3 rings (SSSR count). The second-order valence-corrected chi connectivity index (χ2v) is 8.97. The minimum atomic E-state index is -3.40. The Kier molecular flexibility index (Phi) is 5.10. The lowest BCUT2D eigenvalue weighted by atomic mass is 10.1. The zero-order valence-electron chi connectivity index (χ0n) is 14.0. The van der Waals surface area contributed by atoms with Gasteiger partial charge in [-0.1, -0.05) is 12.8 Å². The van der Waals surface area contributed by atoms with E-state index in [4.69, 9.17) is 4.74 Å². The highest BCUT2D eigenvalue weighted by Crippen LogP contribution is 2.27. The van der Waals surface area contributed by atoms with E-state index in [1.54, 1.807) is 18.4 Å². The lowest BCUT2D eigenvalue weighted by molar-refractivity contribution is 0.0629. The van der Waals surface area contributed by atoms with Crippen LogP contribution in [0.25, 0.3) is 0 Å². The van der Waals surface area contributed by atoms with Crippen molar-refractivity contribution < 1.29 is 13.2 Å². The fraction of sp³-hybridized carbons (Fsp3) is 0.750. The molecule has 0 aromatic carbocycles. The van der Waals surface area contributed by atoms with Gasteiger partial charge in [-0.25, -0.2) is 0 Å². The molecule has 0 radical (unpaired) electrons. The summed E-state index contributed by atoms with van der Waals surface area (Å²) >= 11 is 0. The van der Waals surface area contributed by atoms with E-state index >= 15 is 0 Å². The maximum atomic E-state index is 12.4. The lowest BCUT2D eigenvalue weighted by Gasteiger charge is -2.35. The summed E-state index contributed by atoms with van der Waals surface area (Å²) in [5.41, 5.74) is 1.02. The number of aromatic nitrogens is 1. The molecule has 23 heavy (non-hydrogen) atoms. The molecule has 1 aromatic rings. The summed E-state index contributed by atoms with van der Waals surface area (Å²) in [5, 5.41) is 0. The van der Waals surface area contributed by atoms with Crippen LogP contribution in [-0.2, 0) is 21.5 Å². The third kappa shape index (κ3) is 3.63. The average Bonchev–Trinajstić information content (AvgIpc) is 3.17. The molecule has 1 saturated carbocycles. The molecule has 0 amide bonds. The van der Waals surface area contributed by atoms with Crippen LogP contribution in [0.2, 0.25) is 0 Å². The Morgan fingerprint density at radius 3 is 2.70 bits per heavy atom. The quantitative estimate of drug-likeness (QED) is 0.793. The van der Waals surface area contributed by atoms with Crippen molar-refractivity contribution >= 4 is 10.2 Å². The van der Waals surface area contributed by atoms with E-state index in [0.29, 0.717) is 25.6 Å². The first kappa shape index (κ1) is 17.0. The average molecular weight is 341 g/mol. The summed E-state index contributed by atoms with van der Waals surface area (Å²) in [7, 11) is -0.240. The molecule has 1 aliphatic carbocycles. The summed E-state index contributed by atoms with van der Waals surface area (Å²) in [6, 6.07) is 4.01. The van der Waals surface area contributed by atoms with E-state index in [0.717, 1.165) is 12.3 Å². The maximum absolute atomic E-state index is 12.4. The minimum absolute atomic E-state index is 0.0462. The van der Waals surface area contributed by atoms with Gasteiger partial charge in [0.1, 0.15) is 0 Å². The number of rotatable bonds is 6. The molecule has 1 fully saturated rings. The molecule has 0 spiro atoms. The third-order valence-corrected chi connectivity index (χ3v) is 6.79. The van der Waals surface area contributed by atoms with Crippen molar-refractivity contribution in [2.75, 3.05) is 33.9 Å². The van der Waals surface area contributed by atoms with Gasteiger partial charge in [0.25, 0.3) is 10.2 Å². The molecule has 1 aromatic heterocycles. The van der Waals surface area contributed by atoms with Crippen LogP contribution in [0.5, 0.6) is 0 Å². The smallest absolute Gasteiger partial charge is 0.281 e. The van der Waals surface area contributed by atoms with Gasteiger partial charge in [0.2, 0.25) is 0 Å². The minimum Gasteiger partial charge on any atom is -0.379 e. The highest BCUT2D eigenvalue weighted by Gasteiger charge is 2.33. The molecule has 6 nitrogen and oxygen atoms in total. The van der Waals surface area contributed by atoms with Crippen molar-refractivity contribution in [2.45, 2.75) is 38.3 Å². The van der Waals surface area contributed by atoms with E-state index in [9.17, 15) is 8.42 Å². The Morgan fingerprint density at radius 1 is 1.26 bits per heavy atom. The van der Waals surface area contributed by atoms with Gasteiger partial charge in [-0.2, -0.15) is 17.0 Å². The summed E-state index contributed by atoms with van der Waals surface area (Å²) in [4.78, 5) is 0. The van der Waals surface area contributed by atoms with Crippen molar-refractivity contribution in [3.8, 4) is 0 Å². The predicted octanol–water partition coefficient (Wildman–Crippen LogP) is 1.86. The largest absolute Gasteiger partial charge is 0.379 e. The first-order chi connectivity index (χ1) is 11.0. The Bertz CT molecular complexity index is 620. The summed E-state index contributed by atoms with van der Waals surface area (Å²) < 4.78 is 35.8. The van der Waals surface area contributed by atoms with Gasteiger partial charge in [0.05, 0.1) is 19.2 Å². The molecule has 0 N–H and O–H groups in total. The van der Waals surface area contributed by atoms with Crippen LogP contribution < -0.4 is 0 Å². The standard InChI is InChI=1S/C16H27N3O3S/c1-17(2)23(20,21)18-10-15-8-5-9-19(15)16(11-18)13-22-12-14-6-3-4-7-14/h5,8-9,14,16H,3-4,6-7,10-13H2,1-2H3. The van der Waals surface area contributed by atoms with Crippen LogP contribution in [0, 0.1) is 5.92 Å². The maximum Gasteiger partial charge on any atom is 0.281 e. The molecule has 2 aliphatic rings. The van der Waals surface area contributed by atoms with Crippen LogP contribution >= 0.6 is 0 Å². The summed E-state index contributed by atoms with van der Waals surface area (Å²) in [6.45, 7) is 2.25. The van der Waals surface area contributed by atoms with Crippen LogP contribution in [0.15, 0.2) is 18.3 Å². The SMILES string of the molecule is CN(C)S(=O)(=O)N1Cc2cccn2C(COCC2CCCC2)C1. The van der Waals surface area contributed by atoms with Crippen molar-refractivity contribution in [2.24, 2.45) is 5.92 Å². The molecule has 2 heterocycles. The Balaban J connectivity index is 1.66. The summed E-state index contributed by atoms with van der Waals surface area (Å²) in [5.74, 6) is 0.685. The normalized spacial score (nSPS) is 23.5. The van der Waals surface area contributed by atoms with Gasteiger partial charge in [-0.3, -0.25) is 0 Å². The molecule has 130 valence electrons. The fourth-order valence-electron chi connectivity index (χ4n) is 3.57. The van der Waals surface area contributed by atoms with Crippen LogP contribution in [0.1, 0.15) is 37.4 Å². The number of ether oxygens (including phenoxy) is 1. The van der Waals surface area contributed by atoms with E-state index < -0.39 is 10.2 Å². The molecule has 0 bridgehead atoms. The van der Waals surface area contributed by atoms with E-state index in [1.807, 2.05) is 18.3 Å². The second-order valence-electron chi connectivity index (χ2n) is 6.83. The predicted molar refractivity (Wildman–Crippen MR) is 89.3 cm³/mol. The first-order valence-corrected chi connectivity index (χ1v) is 9.79. The highest BCUT2D eigenvalue weighted by atomic mass is 32.2. The highest BCUT2D eigenvalue weighted by molar-refractivity contribution is 7.86. The van der Waals surface area contributed by atoms with Gasteiger partial charge >= 0.3 is 0 Å². The van der Waals surface area contributed by atoms with Crippen molar-refractivity contribution in [3.63, 3.8) is 0 Å². The Labute approximate surface area is 139 Å². The molecule has 0 saturated heterocycles. The Morgan fingerprint density at radius 2 is 2.00 bits per heavy atom. The molecule has 1 aliphatic heterocycles. The van der Waals surface area contributed by atoms with Crippen molar-refractivity contribution in [1.29, 1.82) is 0 Å². The second kappa shape index (κ2) is 6.93. The fourth-order valence-corrected chi connectivity index (χ4v) is 4.69. The molecule has 7 heteroatoms. The van der Waals surface area contributed by atoms with E-state index in [1.165, 1.54) is 30.0 Å². The molecular weight excluding hydrogens is 314 g/mol. The van der Waals surface area contributed by atoms with Crippen LogP contribution in [0.4, 0.5) is 0 Å². The number of hydrogen-bond acceptors (Lipinski definition) is 3. The number of hydrogen-bond donors (Lipinski definition) is 0. The van der Waals surface area contributed by atoms with Crippen LogP contribution in [0.3, 0.4) is 0 Å². The first-order valence-electron chi connectivity index (χ1n) is 8.39. The summed E-state index contributed by atoms with van der Waals surface area (Å²) in [6.07, 6.45) is 7.18. The van der Waals surface area contributed by atoms with Crippen LogP contribution in [-0.4, -0.2) is 55.4 Å². The number of fused-ring (bicyclic) bond motifs is 1. The molecule has 1 atom stereocenters. The van der Waals surface area contributed by atoms with E-state index in [-0.39, 0.29) is 6.04 Å². The number of nitrogens with zero attached hydrogens (tertiary/aromatic N) is 3. The topological polar surface area (TPSA) is 54.8 Å². The van der Waals surface area contributed by atoms with Gasteiger partial charge in [-0.15, -0.1) is 0 Å². The van der Waals surface area contributed by atoms with E-state index in [2.05, 4.69) is 4.57 Å². The van der Waals surface area contributed by atoms with Gasteiger partial charge in [0, 0.05) is 39.1 Å². The van der Waals surface area contributed by atoms with Gasteiger partial charge in [-0.05, 0) is 30.9 Å². The van der Waals surface area contributed by atoms with Crippen molar-refractivity contribution in [3.05, 3.63) is 24.0 Å². The van der Waals surface area contributed by atoms with Crippen molar-refractivity contribution in [1.82, 2.24) is 13.2 Å². The lowest BCUT2D eigenvalue weighted by Crippen LogP contribution is -2.46.